The van der Waals surface area contributed by atoms with Crippen molar-refractivity contribution in [3.63, 3.8) is 0 Å². The van der Waals surface area contributed by atoms with Crippen LogP contribution < -0.4 is 0 Å². The molecule has 7 nitrogen and oxygen atoms in total. The highest BCUT2D eigenvalue weighted by atomic mass is 16.4. The van der Waals surface area contributed by atoms with Crippen molar-refractivity contribution < 1.29 is 20.4 Å². The summed E-state index contributed by atoms with van der Waals surface area (Å²) < 4.78 is 0. The van der Waals surface area contributed by atoms with Gasteiger partial charge in [-0.2, -0.15) is 15.0 Å². The van der Waals surface area contributed by atoms with E-state index in [0.717, 1.165) is 0 Å². The highest BCUT2D eigenvalue weighted by molar-refractivity contribution is 5.28. The van der Waals surface area contributed by atoms with Gasteiger partial charge >= 0.3 is 0 Å². The molecule has 4 N–H and O–H groups in total. The fourth-order valence-electron chi connectivity index (χ4n) is 1.59. The van der Waals surface area contributed by atoms with Crippen molar-refractivity contribution in [1.29, 1.82) is 0 Å². The number of rotatable bonds is 5. The molecule has 0 aliphatic heterocycles. The van der Waals surface area contributed by atoms with Crippen LogP contribution in [0.15, 0.2) is 36.5 Å². The van der Waals surface area contributed by atoms with Crippen molar-refractivity contribution in [1.82, 2.24) is 15.0 Å². The van der Waals surface area contributed by atoms with Crippen LogP contribution in [0.1, 0.15) is 11.8 Å². The molecule has 0 spiro atoms. The van der Waals surface area contributed by atoms with Gasteiger partial charge in [-0.3, -0.25) is 0 Å². The van der Waals surface area contributed by atoms with Crippen LogP contribution in [0.5, 0.6) is 0 Å². The van der Waals surface area contributed by atoms with Gasteiger partial charge in [0.15, 0.2) is 0 Å². The second-order valence-electron chi connectivity index (χ2n) is 4.08. The average Bonchev–Trinajstić information content (AvgIpc) is 2.95. The number of aliphatic hydroxyl groups is 4. The fraction of sp³-hybridized carbons (Fsp3) is 0.333. The SMILES string of the molecule is OC[C@@H](O)[C@@H](O)[C@@H](O)c1cnn(-c2ccccc2)n1. The molecule has 1 aromatic heterocycles. The summed E-state index contributed by atoms with van der Waals surface area (Å²) in [7, 11) is 0. The third-order valence-corrected chi connectivity index (χ3v) is 2.70. The van der Waals surface area contributed by atoms with E-state index >= 15 is 0 Å². The summed E-state index contributed by atoms with van der Waals surface area (Å²) in [6.45, 7) is -0.648. The van der Waals surface area contributed by atoms with Crippen LogP contribution in [0.3, 0.4) is 0 Å². The quantitative estimate of drug-likeness (QED) is 0.552. The molecule has 0 amide bonds. The molecule has 0 aliphatic rings. The van der Waals surface area contributed by atoms with E-state index in [9.17, 15) is 15.3 Å². The minimum atomic E-state index is -1.52. The first-order valence-electron chi connectivity index (χ1n) is 5.76. The Labute approximate surface area is 109 Å². The summed E-state index contributed by atoms with van der Waals surface area (Å²) in [5, 5.41) is 45.4. The van der Waals surface area contributed by atoms with Gasteiger partial charge in [-0.15, -0.1) is 0 Å². The fourth-order valence-corrected chi connectivity index (χ4v) is 1.59. The topological polar surface area (TPSA) is 112 Å². The first-order chi connectivity index (χ1) is 9.13. The molecule has 0 radical (unpaired) electrons. The number of hydrogen-bond acceptors (Lipinski definition) is 6. The maximum absolute atomic E-state index is 9.81. The van der Waals surface area contributed by atoms with Crippen LogP contribution in [-0.2, 0) is 0 Å². The molecule has 102 valence electrons. The second kappa shape index (κ2) is 5.89. The Morgan fingerprint density at radius 3 is 2.42 bits per heavy atom. The summed E-state index contributed by atoms with van der Waals surface area (Å²) in [5.74, 6) is 0. The average molecular weight is 265 g/mol. The predicted octanol–water partition coefficient (Wildman–Crippen LogP) is -0.985. The molecule has 1 heterocycles. The number of benzene rings is 1. The summed E-state index contributed by atoms with van der Waals surface area (Å²) >= 11 is 0. The first-order valence-corrected chi connectivity index (χ1v) is 5.76. The van der Waals surface area contributed by atoms with Gasteiger partial charge in [0.25, 0.3) is 0 Å². The zero-order valence-corrected chi connectivity index (χ0v) is 10.0. The maximum atomic E-state index is 9.81. The molecular formula is C12H15N3O4. The molecule has 0 fully saturated rings. The molecule has 2 aromatic rings. The molecule has 0 bridgehead atoms. The van der Waals surface area contributed by atoms with Crippen molar-refractivity contribution in [2.24, 2.45) is 0 Å². The van der Waals surface area contributed by atoms with Crippen LogP contribution in [0, 0.1) is 0 Å². The Balaban J connectivity index is 2.17. The smallest absolute Gasteiger partial charge is 0.128 e. The van der Waals surface area contributed by atoms with E-state index in [-0.39, 0.29) is 5.69 Å². The lowest BCUT2D eigenvalue weighted by Gasteiger charge is -2.19. The third-order valence-electron chi connectivity index (χ3n) is 2.70. The van der Waals surface area contributed by atoms with Gasteiger partial charge in [0.2, 0.25) is 0 Å². The predicted molar refractivity (Wildman–Crippen MR) is 65.4 cm³/mol. The van der Waals surface area contributed by atoms with E-state index in [2.05, 4.69) is 10.2 Å². The van der Waals surface area contributed by atoms with Crippen molar-refractivity contribution >= 4 is 0 Å². The van der Waals surface area contributed by atoms with Gasteiger partial charge < -0.3 is 20.4 Å². The third kappa shape index (κ3) is 2.96. The molecule has 2 rings (SSSR count). The van der Waals surface area contributed by atoms with E-state index in [4.69, 9.17) is 5.11 Å². The van der Waals surface area contributed by atoms with Gasteiger partial charge in [-0.1, -0.05) is 18.2 Å². The zero-order chi connectivity index (χ0) is 13.8. The van der Waals surface area contributed by atoms with Crippen LogP contribution in [-0.4, -0.2) is 54.2 Å². The van der Waals surface area contributed by atoms with Gasteiger partial charge in [0, 0.05) is 0 Å². The van der Waals surface area contributed by atoms with Crippen LogP contribution in [0.25, 0.3) is 5.69 Å². The molecule has 3 atom stereocenters. The van der Waals surface area contributed by atoms with E-state index in [1.807, 2.05) is 18.2 Å². The van der Waals surface area contributed by atoms with Crippen molar-refractivity contribution in [2.45, 2.75) is 18.3 Å². The van der Waals surface area contributed by atoms with E-state index < -0.39 is 24.9 Å². The summed E-state index contributed by atoms with van der Waals surface area (Å²) in [5.41, 5.74) is 0.821. The Kier molecular flexibility index (Phi) is 4.23. The largest absolute Gasteiger partial charge is 0.394 e. The van der Waals surface area contributed by atoms with Gasteiger partial charge in [-0.05, 0) is 12.1 Å². The van der Waals surface area contributed by atoms with Crippen molar-refractivity contribution in [3.8, 4) is 5.69 Å². The lowest BCUT2D eigenvalue weighted by molar-refractivity contribution is -0.0790. The summed E-state index contributed by atoms with van der Waals surface area (Å²) in [6.07, 6.45) is -3.08. The number of nitrogens with zero attached hydrogens (tertiary/aromatic N) is 3. The molecule has 0 saturated carbocycles. The molecule has 0 saturated heterocycles. The summed E-state index contributed by atoms with van der Waals surface area (Å²) in [4.78, 5) is 1.30. The Morgan fingerprint density at radius 1 is 1.11 bits per heavy atom. The number of aromatic nitrogens is 3. The van der Waals surface area contributed by atoms with Crippen molar-refractivity contribution in [2.75, 3.05) is 6.61 Å². The normalized spacial score (nSPS) is 16.0. The van der Waals surface area contributed by atoms with E-state index in [1.54, 1.807) is 12.1 Å². The zero-order valence-electron chi connectivity index (χ0n) is 10.0. The molecule has 0 aliphatic carbocycles. The minimum absolute atomic E-state index is 0.115. The highest BCUT2D eigenvalue weighted by Crippen LogP contribution is 2.17. The lowest BCUT2D eigenvalue weighted by atomic mass is 10.1. The van der Waals surface area contributed by atoms with E-state index in [1.165, 1.54) is 11.0 Å². The van der Waals surface area contributed by atoms with Crippen LogP contribution >= 0.6 is 0 Å². The summed E-state index contributed by atoms with van der Waals surface area (Å²) in [6, 6.07) is 9.06. The minimum Gasteiger partial charge on any atom is -0.394 e. The monoisotopic (exact) mass is 265 g/mol. The number of para-hydroxylation sites is 1. The van der Waals surface area contributed by atoms with Crippen LogP contribution in [0.4, 0.5) is 0 Å². The second-order valence-corrected chi connectivity index (χ2v) is 4.08. The van der Waals surface area contributed by atoms with Crippen molar-refractivity contribution in [3.05, 3.63) is 42.2 Å². The molecule has 19 heavy (non-hydrogen) atoms. The molecule has 1 aromatic carbocycles. The van der Waals surface area contributed by atoms with Gasteiger partial charge in [-0.25, -0.2) is 0 Å². The Bertz CT molecular complexity index is 517. The van der Waals surface area contributed by atoms with E-state index in [0.29, 0.717) is 5.69 Å². The molecular weight excluding hydrogens is 250 g/mol. The number of aliphatic hydroxyl groups excluding tert-OH is 4. The Morgan fingerprint density at radius 2 is 1.79 bits per heavy atom. The van der Waals surface area contributed by atoms with Gasteiger partial charge in [0.05, 0.1) is 18.5 Å². The standard InChI is InChI=1S/C12H15N3O4/c16-7-10(17)12(19)11(18)9-6-13-15(14-9)8-4-2-1-3-5-8/h1-6,10-12,16-19H,7H2/t10-,11+,12-/m1/s1. The Hall–Kier alpha value is -1.80. The van der Waals surface area contributed by atoms with Crippen LogP contribution in [0.2, 0.25) is 0 Å². The highest BCUT2D eigenvalue weighted by Gasteiger charge is 2.27. The maximum Gasteiger partial charge on any atom is 0.128 e. The lowest BCUT2D eigenvalue weighted by Crippen LogP contribution is -2.34. The molecule has 0 unspecified atom stereocenters. The van der Waals surface area contributed by atoms with Gasteiger partial charge in [0.1, 0.15) is 24.0 Å². The number of hydrogen-bond donors (Lipinski definition) is 4. The molecule has 7 heteroatoms. The first kappa shape index (κ1) is 13.6.